The lowest BCUT2D eigenvalue weighted by atomic mass is 9.96. The van der Waals surface area contributed by atoms with E-state index in [-0.39, 0.29) is 5.41 Å². The average Bonchev–Trinajstić information content (AvgIpc) is 2.16. The maximum absolute atomic E-state index is 5.86. The van der Waals surface area contributed by atoms with Gasteiger partial charge in [-0.1, -0.05) is 13.8 Å². The van der Waals surface area contributed by atoms with Crippen LogP contribution in [0, 0.1) is 12.3 Å². The Balaban J connectivity index is 2.66. The highest BCUT2D eigenvalue weighted by atomic mass is 79.9. The number of nitrogens with zero attached hydrogens (tertiary/aromatic N) is 1. The Kier molecular flexibility index (Phi) is 4.41. The van der Waals surface area contributed by atoms with Crippen LogP contribution in [0.1, 0.15) is 19.4 Å². The van der Waals surface area contributed by atoms with Crippen LogP contribution in [0.2, 0.25) is 0 Å². The van der Waals surface area contributed by atoms with Crippen LogP contribution in [0.25, 0.3) is 0 Å². The van der Waals surface area contributed by atoms with Crippen molar-refractivity contribution < 1.29 is 0 Å². The Labute approximate surface area is 105 Å². The molecule has 0 radical (unpaired) electrons. The molecule has 0 unspecified atom stereocenters. The van der Waals surface area contributed by atoms with E-state index in [1.807, 2.05) is 13.0 Å². The smallest absolute Gasteiger partial charge is 0.128 e. The first-order valence-corrected chi connectivity index (χ1v) is 6.19. The summed E-state index contributed by atoms with van der Waals surface area (Å²) in [6.07, 6.45) is 1.79. The van der Waals surface area contributed by atoms with Crippen molar-refractivity contribution in [1.82, 2.24) is 4.98 Å². The van der Waals surface area contributed by atoms with E-state index in [2.05, 4.69) is 40.1 Å². The molecule has 0 saturated carbocycles. The monoisotopic (exact) mass is 290 g/mol. The molecule has 1 heterocycles. The zero-order valence-corrected chi connectivity index (χ0v) is 11.6. The summed E-state index contributed by atoms with van der Waals surface area (Å²) in [7, 11) is 0. The third-order valence-electron chi connectivity index (χ3n) is 2.14. The van der Waals surface area contributed by atoms with Gasteiger partial charge in [0.1, 0.15) is 5.82 Å². The van der Waals surface area contributed by atoms with Crippen LogP contribution in [0.3, 0.4) is 0 Å². The Morgan fingerprint density at radius 2 is 2.20 bits per heavy atom. The molecule has 1 aromatic rings. The molecule has 1 N–H and O–H groups in total. The maximum atomic E-state index is 5.86. The second-order valence-electron chi connectivity index (χ2n) is 4.47. The molecule has 1 aromatic heterocycles. The first-order chi connectivity index (χ1) is 6.94. The molecular formula is C11H16BrClN2. The summed E-state index contributed by atoms with van der Waals surface area (Å²) in [6, 6.07) is 2.04. The van der Waals surface area contributed by atoms with Gasteiger partial charge in [-0.2, -0.15) is 0 Å². The molecule has 0 fully saturated rings. The van der Waals surface area contributed by atoms with Crippen molar-refractivity contribution in [2.45, 2.75) is 20.8 Å². The molecule has 1 rings (SSSR count). The predicted molar refractivity (Wildman–Crippen MR) is 69.7 cm³/mol. The first-order valence-electron chi connectivity index (χ1n) is 4.86. The lowest BCUT2D eigenvalue weighted by Gasteiger charge is -2.22. The summed E-state index contributed by atoms with van der Waals surface area (Å²) in [5.74, 6) is 1.56. The van der Waals surface area contributed by atoms with Crippen molar-refractivity contribution in [3.63, 3.8) is 0 Å². The minimum absolute atomic E-state index is 0.0861. The fraction of sp³-hybridized carbons (Fsp3) is 0.545. The van der Waals surface area contributed by atoms with Gasteiger partial charge in [0.15, 0.2) is 0 Å². The van der Waals surface area contributed by atoms with E-state index in [4.69, 9.17) is 11.6 Å². The number of hydrogen-bond acceptors (Lipinski definition) is 2. The fourth-order valence-corrected chi connectivity index (χ4v) is 1.64. The molecule has 0 aliphatic rings. The molecule has 0 aliphatic carbocycles. The summed E-state index contributed by atoms with van der Waals surface area (Å²) in [5.41, 5.74) is 1.22. The number of aromatic nitrogens is 1. The number of alkyl halides is 1. The Morgan fingerprint density at radius 1 is 1.53 bits per heavy atom. The predicted octanol–water partition coefficient (Wildman–Crippen LogP) is 3.83. The number of rotatable bonds is 4. The summed E-state index contributed by atoms with van der Waals surface area (Å²) in [4.78, 5) is 4.31. The number of pyridine rings is 1. The van der Waals surface area contributed by atoms with Crippen LogP contribution >= 0.6 is 27.5 Å². The Bertz CT molecular complexity index is 339. The van der Waals surface area contributed by atoms with E-state index >= 15 is 0 Å². The highest BCUT2D eigenvalue weighted by Gasteiger charge is 2.16. The standard InChI is InChI=1S/C11H16BrClN2/c1-8-4-9(12)5-14-10(8)15-7-11(2,3)6-13/h4-5H,6-7H2,1-3H3,(H,14,15). The lowest BCUT2D eigenvalue weighted by Crippen LogP contribution is -2.25. The molecule has 0 atom stereocenters. The zero-order valence-electron chi connectivity index (χ0n) is 9.27. The van der Waals surface area contributed by atoms with Gasteiger partial charge in [-0.05, 0) is 39.9 Å². The number of aryl methyl sites for hydroxylation is 1. The molecule has 4 heteroatoms. The van der Waals surface area contributed by atoms with E-state index in [1.54, 1.807) is 6.20 Å². The molecule has 15 heavy (non-hydrogen) atoms. The van der Waals surface area contributed by atoms with Gasteiger partial charge < -0.3 is 5.32 Å². The molecule has 0 amide bonds. The average molecular weight is 292 g/mol. The van der Waals surface area contributed by atoms with Crippen molar-refractivity contribution in [2.24, 2.45) is 5.41 Å². The van der Waals surface area contributed by atoms with Crippen LogP contribution in [-0.4, -0.2) is 17.4 Å². The summed E-state index contributed by atoms with van der Waals surface area (Å²) in [5, 5.41) is 3.31. The fourth-order valence-electron chi connectivity index (χ4n) is 1.10. The minimum atomic E-state index is 0.0861. The van der Waals surface area contributed by atoms with Crippen molar-refractivity contribution in [2.75, 3.05) is 17.7 Å². The van der Waals surface area contributed by atoms with Gasteiger partial charge >= 0.3 is 0 Å². The molecule has 0 bridgehead atoms. The molecule has 2 nitrogen and oxygen atoms in total. The van der Waals surface area contributed by atoms with Crippen molar-refractivity contribution in [3.8, 4) is 0 Å². The normalized spacial score (nSPS) is 11.5. The third kappa shape index (κ3) is 3.99. The van der Waals surface area contributed by atoms with Gasteiger partial charge in [-0.15, -0.1) is 11.6 Å². The van der Waals surface area contributed by atoms with Crippen LogP contribution in [0.15, 0.2) is 16.7 Å². The quantitative estimate of drug-likeness (QED) is 0.853. The van der Waals surface area contributed by atoms with Crippen LogP contribution in [0.4, 0.5) is 5.82 Å². The summed E-state index contributed by atoms with van der Waals surface area (Å²) < 4.78 is 1.00. The van der Waals surface area contributed by atoms with Gasteiger partial charge in [0, 0.05) is 23.1 Å². The van der Waals surface area contributed by atoms with E-state index < -0.39 is 0 Å². The van der Waals surface area contributed by atoms with Gasteiger partial charge in [-0.3, -0.25) is 0 Å². The highest BCUT2D eigenvalue weighted by molar-refractivity contribution is 9.10. The zero-order chi connectivity index (χ0) is 11.5. The van der Waals surface area contributed by atoms with E-state index in [0.29, 0.717) is 5.88 Å². The molecule has 84 valence electrons. The van der Waals surface area contributed by atoms with E-state index in [1.165, 1.54) is 0 Å². The van der Waals surface area contributed by atoms with E-state index in [9.17, 15) is 0 Å². The molecule has 0 aliphatic heterocycles. The van der Waals surface area contributed by atoms with Crippen molar-refractivity contribution >= 4 is 33.3 Å². The van der Waals surface area contributed by atoms with E-state index in [0.717, 1.165) is 22.4 Å². The molecule has 0 aromatic carbocycles. The van der Waals surface area contributed by atoms with Crippen LogP contribution < -0.4 is 5.32 Å². The number of hydrogen-bond donors (Lipinski definition) is 1. The number of anilines is 1. The molecular weight excluding hydrogens is 275 g/mol. The lowest BCUT2D eigenvalue weighted by molar-refractivity contribution is 0.449. The second kappa shape index (κ2) is 5.17. The van der Waals surface area contributed by atoms with Gasteiger partial charge in [-0.25, -0.2) is 4.98 Å². The highest BCUT2D eigenvalue weighted by Crippen LogP contribution is 2.20. The minimum Gasteiger partial charge on any atom is -0.369 e. The molecule has 0 spiro atoms. The SMILES string of the molecule is Cc1cc(Br)cnc1NCC(C)(C)CCl. The second-order valence-corrected chi connectivity index (χ2v) is 5.65. The maximum Gasteiger partial charge on any atom is 0.128 e. The van der Waals surface area contributed by atoms with Crippen molar-refractivity contribution in [3.05, 3.63) is 22.3 Å². The number of nitrogens with one attached hydrogen (secondary N) is 1. The largest absolute Gasteiger partial charge is 0.369 e. The van der Waals surface area contributed by atoms with Crippen LogP contribution in [0.5, 0.6) is 0 Å². The van der Waals surface area contributed by atoms with Crippen molar-refractivity contribution in [1.29, 1.82) is 0 Å². The Hall–Kier alpha value is -0.280. The van der Waals surface area contributed by atoms with Gasteiger partial charge in [0.25, 0.3) is 0 Å². The number of halogens is 2. The third-order valence-corrected chi connectivity index (χ3v) is 3.30. The first kappa shape index (κ1) is 12.8. The Morgan fingerprint density at radius 3 is 2.73 bits per heavy atom. The summed E-state index contributed by atoms with van der Waals surface area (Å²) >= 11 is 9.25. The van der Waals surface area contributed by atoms with Gasteiger partial charge in [0.2, 0.25) is 0 Å². The van der Waals surface area contributed by atoms with Gasteiger partial charge in [0.05, 0.1) is 0 Å². The van der Waals surface area contributed by atoms with Crippen LogP contribution in [-0.2, 0) is 0 Å². The summed E-state index contributed by atoms with van der Waals surface area (Å²) in [6.45, 7) is 7.11. The topological polar surface area (TPSA) is 24.9 Å². The molecule has 0 saturated heterocycles.